The third-order valence-corrected chi connectivity index (χ3v) is 5.27. The first-order valence-corrected chi connectivity index (χ1v) is 9.93. The van der Waals surface area contributed by atoms with Crippen LogP contribution in [0.5, 0.6) is 0 Å². The highest BCUT2D eigenvalue weighted by Gasteiger charge is 2.39. The summed E-state index contributed by atoms with van der Waals surface area (Å²) in [4.78, 5) is 12.8. The van der Waals surface area contributed by atoms with Crippen LogP contribution < -0.4 is 0 Å². The van der Waals surface area contributed by atoms with E-state index < -0.39 is 6.10 Å². The molecule has 0 radical (unpaired) electrons. The molecule has 0 bridgehead atoms. The van der Waals surface area contributed by atoms with Crippen LogP contribution in [0, 0.1) is 11.3 Å². The van der Waals surface area contributed by atoms with Gasteiger partial charge in [0.25, 0.3) is 0 Å². The van der Waals surface area contributed by atoms with E-state index in [1.807, 2.05) is 6.92 Å². The van der Waals surface area contributed by atoms with Crippen LogP contribution in [0.25, 0.3) is 0 Å². The van der Waals surface area contributed by atoms with Crippen LogP contribution in [0.2, 0.25) is 0 Å². The van der Waals surface area contributed by atoms with E-state index in [0.717, 1.165) is 36.8 Å². The Bertz CT molecular complexity index is 603. The van der Waals surface area contributed by atoms with E-state index in [0.29, 0.717) is 23.7 Å². The van der Waals surface area contributed by atoms with Crippen molar-refractivity contribution < 1.29 is 14.6 Å². The Morgan fingerprint density at radius 1 is 1.35 bits per heavy atom. The van der Waals surface area contributed by atoms with Gasteiger partial charge >= 0.3 is 0 Å². The Morgan fingerprint density at radius 2 is 1.96 bits per heavy atom. The van der Waals surface area contributed by atoms with Crippen molar-refractivity contribution in [1.29, 1.82) is 0 Å². The van der Waals surface area contributed by atoms with E-state index in [2.05, 4.69) is 47.6 Å². The normalized spacial score (nSPS) is 19.7. The van der Waals surface area contributed by atoms with E-state index in [4.69, 9.17) is 4.74 Å². The van der Waals surface area contributed by atoms with Gasteiger partial charge in [-0.15, -0.1) is 0 Å². The predicted octanol–water partition coefficient (Wildman–Crippen LogP) is 5.75. The third kappa shape index (κ3) is 5.33. The number of ketones is 1. The Hall–Kier alpha value is -1.35. The van der Waals surface area contributed by atoms with Crippen molar-refractivity contribution >= 4 is 5.78 Å². The lowest BCUT2D eigenvalue weighted by Gasteiger charge is -2.37. The van der Waals surface area contributed by atoms with Gasteiger partial charge in [-0.3, -0.25) is 4.79 Å². The number of Topliss-reactive ketones (excluding diaryl/α,β-unsaturated/α-hetero) is 1. The first kappa shape index (κ1) is 22.7. The van der Waals surface area contributed by atoms with Crippen LogP contribution in [0.3, 0.4) is 0 Å². The average Bonchev–Trinajstić information content (AvgIpc) is 2.54. The van der Waals surface area contributed by atoms with E-state index in [1.54, 1.807) is 0 Å². The van der Waals surface area contributed by atoms with Crippen LogP contribution >= 0.6 is 0 Å². The molecule has 0 fully saturated rings. The number of allylic oxidation sites excluding steroid dienone is 3. The summed E-state index contributed by atoms with van der Waals surface area (Å²) in [6.45, 7) is 14.8. The maximum atomic E-state index is 12.8. The largest absolute Gasteiger partial charge is 0.493 e. The average molecular weight is 363 g/mol. The van der Waals surface area contributed by atoms with E-state index >= 15 is 0 Å². The van der Waals surface area contributed by atoms with Crippen LogP contribution in [0.15, 0.2) is 34.1 Å². The molecule has 0 aliphatic heterocycles. The van der Waals surface area contributed by atoms with Crippen molar-refractivity contribution in [1.82, 2.24) is 0 Å². The summed E-state index contributed by atoms with van der Waals surface area (Å²) in [5.41, 5.74) is 3.31. The summed E-state index contributed by atoms with van der Waals surface area (Å²) in [6, 6.07) is 0. The Labute approximate surface area is 160 Å². The second-order valence-electron chi connectivity index (χ2n) is 8.67. The Balaban J connectivity index is 3.20. The van der Waals surface area contributed by atoms with Gasteiger partial charge in [0.05, 0.1) is 7.11 Å². The lowest BCUT2D eigenvalue weighted by molar-refractivity contribution is -0.115. The van der Waals surface area contributed by atoms with Crippen molar-refractivity contribution in [3.8, 4) is 0 Å². The summed E-state index contributed by atoms with van der Waals surface area (Å²) in [6.07, 6.45) is 6.06. The molecule has 0 aromatic heterocycles. The molecule has 1 aliphatic carbocycles. The first-order valence-electron chi connectivity index (χ1n) is 9.93. The quantitative estimate of drug-likeness (QED) is 0.532. The van der Waals surface area contributed by atoms with Crippen LogP contribution in [-0.4, -0.2) is 24.1 Å². The molecule has 0 spiro atoms. The topological polar surface area (TPSA) is 46.5 Å². The smallest absolute Gasteiger partial charge is 0.223 e. The molecule has 3 heteroatoms. The first-order chi connectivity index (χ1) is 12.1. The molecular weight excluding hydrogens is 324 g/mol. The zero-order valence-electron chi connectivity index (χ0n) is 18.0. The summed E-state index contributed by atoms with van der Waals surface area (Å²) in [7, 11) is 1.52. The van der Waals surface area contributed by atoms with Gasteiger partial charge in [0.1, 0.15) is 6.10 Å². The summed E-state index contributed by atoms with van der Waals surface area (Å²) in [5, 5.41) is 11.1. The van der Waals surface area contributed by atoms with Crippen molar-refractivity contribution in [2.75, 3.05) is 7.11 Å². The standard InChI is InChI=1S/C23H38O3/c1-9-10-11-18-21(25)19(17(5)20(24)22(18)26-8)23(6,7)13-12-16(4)14-15(2)3/h12,15,21,25H,9-11,13-14H2,1-8H3/b16-12+. The lowest BCUT2D eigenvalue weighted by Crippen LogP contribution is -2.34. The van der Waals surface area contributed by atoms with Crippen LogP contribution in [-0.2, 0) is 9.53 Å². The zero-order chi connectivity index (χ0) is 20.1. The molecule has 26 heavy (non-hydrogen) atoms. The second-order valence-corrected chi connectivity index (χ2v) is 8.67. The fourth-order valence-corrected chi connectivity index (χ4v) is 3.93. The maximum Gasteiger partial charge on any atom is 0.223 e. The fourth-order valence-electron chi connectivity index (χ4n) is 3.93. The molecule has 1 N–H and O–H groups in total. The van der Waals surface area contributed by atoms with Gasteiger partial charge in [-0.1, -0.05) is 52.7 Å². The molecule has 1 rings (SSSR count). The van der Waals surface area contributed by atoms with Gasteiger partial charge in [-0.05, 0) is 56.4 Å². The van der Waals surface area contributed by atoms with Gasteiger partial charge in [0.15, 0.2) is 5.76 Å². The molecule has 0 saturated heterocycles. The van der Waals surface area contributed by atoms with Crippen molar-refractivity contribution in [3.63, 3.8) is 0 Å². The maximum absolute atomic E-state index is 12.8. The number of unbranched alkanes of at least 4 members (excludes halogenated alkanes) is 1. The van der Waals surface area contributed by atoms with Crippen LogP contribution in [0.4, 0.5) is 0 Å². The van der Waals surface area contributed by atoms with Gasteiger partial charge in [0.2, 0.25) is 5.78 Å². The van der Waals surface area contributed by atoms with E-state index in [9.17, 15) is 9.90 Å². The second kappa shape index (κ2) is 9.55. The number of carbonyl (C=O) groups is 1. The van der Waals surface area contributed by atoms with Gasteiger partial charge < -0.3 is 9.84 Å². The zero-order valence-corrected chi connectivity index (χ0v) is 18.0. The molecule has 0 aromatic rings. The number of rotatable bonds is 9. The van der Waals surface area contributed by atoms with E-state index in [1.165, 1.54) is 12.7 Å². The number of hydrogen-bond donors (Lipinski definition) is 1. The lowest BCUT2D eigenvalue weighted by atomic mass is 9.70. The summed E-state index contributed by atoms with van der Waals surface area (Å²) in [5.74, 6) is 0.898. The predicted molar refractivity (Wildman–Crippen MR) is 109 cm³/mol. The SMILES string of the molecule is CCCCC1=C(OC)C(=O)C(C)=C(C(C)(C)C/C=C(\C)CC(C)C)C1O. The van der Waals surface area contributed by atoms with E-state index in [-0.39, 0.29) is 11.2 Å². The number of aliphatic hydroxyl groups is 1. The Morgan fingerprint density at radius 3 is 2.46 bits per heavy atom. The Kier molecular flexibility index (Phi) is 8.33. The molecule has 0 amide bonds. The summed E-state index contributed by atoms with van der Waals surface area (Å²) >= 11 is 0. The number of hydrogen-bond acceptors (Lipinski definition) is 3. The minimum Gasteiger partial charge on any atom is -0.493 e. The molecule has 1 atom stereocenters. The van der Waals surface area contributed by atoms with Crippen molar-refractivity contribution in [2.45, 2.75) is 86.7 Å². The fraction of sp³-hybridized carbons (Fsp3) is 0.696. The molecule has 148 valence electrons. The van der Waals surface area contributed by atoms with Crippen molar-refractivity contribution in [2.24, 2.45) is 11.3 Å². The molecular formula is C23H38O3. The monoisotopic (exact) mass is 362 g/mol. The number of ether oxygens (including phenoxy) is 1. The molecule has 0 saturated carbocycles. The molecule has 3 nitrogen and oxygen atoms in total. The minimum absolute atomic E-state index is 0.0742. The molecule has 0 heterocycles. The van der Waals surface area contributed by atoms with Gasteiger partial charge in [-0.25, -0.2) is 0 Å². The van der Waals surface area contributed by atoms with Gasteiger partial charge in [-0.2, -0.15) is 0 Å². The van der Waals surface area contributed by atoms with Crippen LogP contribution in [0.1, 0.15) is 80.6 Å². The number of methoxy groups -OCH3 is 1. The highest BCUT2D eigenvalue weighted by Crippen LogP contribution is 2.43. The number of carbonyl (C=O) groups excluding carboxylic acids is 1. The molecule has 0 aromatic carbocycles. The number of aliphatic hydroxyl groups excluding tert-OH is 1. The molecule has 1 aliphatic rings. The minimum atomic E-state index is -0.733. The third-order valence-electron chi connectivity index (χ3n) is 5.27. The highest BCUT2D eigenvalue weighted by molar-refractivity contribution is 6.09. The highest BCUT2D eigenvalue weighted by atomic mass is 16.5. The van der Waals surface area contributed by atoms with Crippen molar-refractivity contribution in [3.05, 3.63) is 34.1 Å². The molecule has 1 unspecified atom stereocenters. The van der Waals surface area contributed by atoms with Gasteiger partial charge in [0, 0.05) is 11.1 Å². The summed E-state index contributed by atoms with van der Waals surface area (Å²) < 4.78 is 5.38.